The quantitative estimate of drug-likeness (QED) is 0.655. The molecule has 0 bridgehead atoms. The van der Waals surface area contributed by atoms with E-state index in [1.54, 1.807) is 0 Å². The minimum atomic E-state index is -0.700. The second-order valence-electron chi connectivity index (χ2n) is 4.18. The number of benzene rings is 1. The van der Waals surface area contributed by atoms with Gasteiger partial charge in [-0.1, -0.05) is 6.08 Å². The minimum absolute atomic E-state index is 0.196. The zero-order valence-corrected chi connectivity index (χ0v) is 10.6. The van der Waals surface area contributed by atoms with Crippen molar-refractivity contribution in [2.24, 2.45) is 5.73 Å². The molecule has 0 aliphatic carbocycles. The number of hydrogen-bond donors (Lipinski definition) is 1. The van der Waals surface area contributed by atoms with Crippen LogP contribution in [0, 0.1) is 20.2 Å². The SMILES string of the molecule is NC(=O)C1=CCN(c2ccc([N+](=O)[O-])cc2[N+](=O)[O-])C=C1. The summed E-state index contributed by atoms with van der Waals surface area (Å²) in [7, 11) is 0. The second kappa shape index (κ2) is 5.41. The van der Waals surface area contributed by atoms with E-state index in [1.807, 2.05) is 0 Å². The van der Waals surface area contributed by atoms with Crippen LogP contribution < -0.4 is 10.6 Å². The van der Waals surface area contributed by atoms with Gasteiger partial charge in [0.15, 0.2) is 0 Å². The lowest BCUT2D eigenvalue weighted by Crippen LogP contribution is -2.23. The van der Waals surface area contributed by atoms with Gasteiger partial charge in [0.1, 0.15) is 5.69 Å². The zero-order chi connectivity index (χ0) is 15.6. The van der Waals surface area contributed by atoms with Crippen LogP contribution in [-0.2, 0) is 4.79 Å². The van der Waals surface area contributed by atoms with Gasteiger partial charge in [0.25, 0.3) is 11.4 Å². The van der Waals surface area contributed by atoms with Crippen molar-refractivity contribution < 1.29 is 14.6 Å². The molecule has 1 aliphatic heterocycles. The van der Waals surface area contributed by atoms with Crippen LogP contribution in [0.3, 0.4) is 0 Å². The molecule has 1 aromatic carbocycles. The number of carbonyl (C=O) groups excluding carboxylic acids is 1. The minimum Gasteiger partial charge on any atom is -0.366 e. The Balaban J connectivity index is 2.38. The van der Waals surface area contributed by atoms with Crippen LogP contribution in [0.2, 0.25) is 0 Å². The van der Waals surface area contributed by atoms with Crippen molar-refractivity contribution in [3.8, 4) is 0 Å². The Kier molecular flexibility index (Phi) is 3.65. The van der Waals surface area contributed by atoms with E-state index in [1.165, 1.54) is 35.4 Å². The molecule has 9 heteroatoms. The number of nitrogens with two attached hydrogens (primary N) is 1. The number of nitro groups is 2. The Morgan fingerprint density at radius 2 is 1.95 bits per heavy atom. The molecule has 0 atom stereocenters. The van der Waals surface area contributed by atoms with Gasteiger partial charge in [0, 0.05) is 24.4 Å². The third kappa shape index (κ3) is 2.86. The number of amides is 1. The van der Waals surface area contributed by atoms with Gasteiger partial charge in [0.2, 0.25) is 5.91 Å². The highest BCUT2D eigenvalue weighted by Crippen LogP contribution is 2.33. The topological polar surface area (TPSA) is 133 Å². The summed E-state index contributed by atoms with van der Waals surface area (Å²) in [6.45, 7) is 0.202. The molecule has 2 rings (SSSR count). The predicted molar refractivity (Wildman–Crippen MR) is 73.5 cm³/mol. The molecule has 0 radical (unpaired) electrons. The van der Waals surface area contributed by atoms with Crippen molar-refractivity contribution in [3.63, 3.8) is 0 Å². The molecular formula is C12H10N4O5. The molecule has 1 heterocycles. The van der Waals surface area contributed by atoms with Crippen molar-refractivity contribution in [2.45, 2.75) is 0 Å². The van der Waals surface area contributed by atoms with Crippen LogP contribution in [0.1, 0.15) is 0 Å². The van der Waals surface area contributed by atoms with E-state index in [4.69, 9.17) is 5.73 Å². The molecule has 0 spiro atoms. The summed E-state index contributed by atoms with van der Waals surface area (Å²) >= 11 is 0. The summed E-state index contributed by atoms with van der Waals surface area (Å²) < 4.78 is 0. The first kappa shape index (κ1) is 14.2. The number of primary amides is 1. The summed E-state index contributed by atoms with van der Waals surface area (Å²) in [6.07, 6.45) is 4.42. The van der Waals surface area contributed by atoms with Gasteiger partial charge < -0.3 is 10.6 Å². The highest BCUT2D eigenvalue weighted by atomic mass is 16.6. The molecular weight excluding hydrogens is 280 g/mol. The lowest BCUT2D eigenvalue weighted by molar-refractivity contribution is -0.393. The highest BCUT2D eigenvalue weighted by Gasteiger charge is 2.23. The van der Waals surface area contributed by atoms with E-state index in [2.05, 4.69) is 0 Å². The number of non-ortho nitro benzene ring substituents is 1. The Bertz CT molecular complexity index is 695. The standard InChI is InChI=1S/C12H10N4O5/c13-12(17)8-3-5-14(6-4-8)10-2-1-9(15(18)19)7-11(10)16(20)21/h1-5,7H,6H2,(H2,13,17). The first-order valence-electron chi connectivity index (χ1n) is 5.78. The number of rotatable bonds is 4. The zero-order valence-electron chi connectivity index (χ0n) is 10.6. The number of anilines is 1. The maximum Gasteiger partial charge on any atom is 0.299 e. The maximum atomic E-state index is 11.1. The molecule has 2 N–H and O–H groups in total. The van der Waals surface area contributed by atoms with Gasteiger partial charge >= 0.3 is 0 Å². The van der Waals surface area contributed by atoms with Crippen LogP contribution in [0.4, 0.5) is 17.1 Å². The van der Waals surface area contributed by atoms with Crippen LogP contribution in [0.5, 0.6) is 0 Å². The smallest absolute Gasteiger partial charge is 0.299 e. The van der Waals surface area contributed by atoms with Gasteiger partial charge in [-0.2, -0.15) is 0 Å². The number of nitrogens with zero attached hydrogens (tertiary/aromatic N) is 3. The van der Waals surface area contributed by atoms with Crippen molar-refractivity contribution in [2.75, 3.05) is 11.4 Å². The lowest BCUT2D eigenvalue weighted by atomic mass is 10.1. The van der Waals surface area contributed by atoms with Gasteiger partial charge in [-0.3, -0.25) is 25.0 Å². The van der Waals surface area contributed by atoms with Gasteiger partial charge in [0.05, 0.1) is 15.9 Å². The molecule has 0 saturated carbocycles. The molecule has 108 valence electrons. The number of hydrogen-bond acceptors (Lipinski definition) is 6. The van der Waals surface area contributed by atoms with Gasteiger partial charge in [-0.15, -0.1) is 0 Å². The molecule has 9 nitrogen and oxygen atoms in total. The normalized spacial score (nSPS) is 13.7. The first-order chi connectivity index (χ1) is 9.90. The maximum absolute atomic E-state index is 11.1. The van der Waals surface area contributed by atoms with Crippen LogP contribution in [-0.4, -0.2) is 22.3 Å². The summed E-state index contributed by atoms with van der Waals surface area (Å²) in [6, 6.07) is 3.38. The van der Waals surface area contributed by atoms with Crippen molar-refractivity contribution in [1.29, 1.82) is 0 Å². The molecule has 0 saturated heterocycles. The fourth-order valence-electron chi connectivity index (χ4n) is 1.87. The van der Waals surface area contributed by atoms with Crippen molar-refractivity contribution in [1.82, 2.24) is 0 Å². The van der Waals surface area contributed by atoms with E-state index in [-0.39, 0.29) is 23.6 Å². The number of nitro benzene ring substituents is 2. The van der Waals surface area contributed by atoms with E-state index in [9.17, 15) is 25.0 Å². The Morgan fingerprint density at radius 1 is 1.24 bits per heavy atom. The average molecular weight is 290 g/mol. The van der Waals surface area contributed by atoms with Gasteiger partial charge in [-0.25, -0.2) is 0 Å². The van der Waals surface area contributed by atoms with E-state index >= 15 is 0 Å². The summed E-state index contributed by atoms with van der Waals surface area (Å²) in [5, 5.41) is 21.7. The molecule has 0 unspecified atom stereocenters. The molecule has 1 aromatic rings. The summed E-state index contributed by atoms with van der Waals surface area (Å²) in [4.78, 5) is 32.8. The van der Waals surface area contributed by atoms with Crippen molar-refractivity contribution >= 4 is 23.0 Å². The molecule has 0 aromatic heterocycles. The molecule has 1 aliphatic rings. The molecule has 1 amide bonds. The third-order valence-corrected chi connectivity index (χ3v) is 2.90. The van der Waals surface area contributed by atoms with E-state index in [0.717, 1.165) is 6.07 Å². The van der Waals surface area contributed by atoms with E-state index in [0.29, 0.717) is 5.57 Å². The largest absolute Gasteiger partial charge is 0.366 e. The fraction of sp³-hybridized carbons (Fsp3) is 0.0833. The third-order valence-electron chi connectivity index (χ3n) is 2.90. The second-order valence-corrected chi connectivity index (χ2v) is 4.18. The fourth-order valence-corrected chi connectivity index (χ4v) is 1.87. The molecule has 0 fully saturated rings. The average Bonchev–Trinajstić information content (AvgIpc) is 2.46. The van der Waals surface area contributed by atoms with Crippen LogP contribution in [0.15, 0.2) is 42.1 Å². The Labute approximate surface area is 118 Å². The summed E-state index contributed by atoms with van der Waals surface area (Å²) in [5.74, 6) is -0.593. The van der Waals surface area contributed by atoms with Gasteiger partial charge in [-0.05, 0) is 12.1 Å². The highest BCUT2D eigenvalue weighted by molar-refractivity contribution is 5.95. The Morgan fingerprint density at radius 3 is 2.43 bits per heavy atom. The Hall–Kier alpha value is -3.23. The van der Waals surface area contributed by atoms with Crippen molar-refractivity contribution in [3.05, 3.63) is 62.4 Å². The predicted octanol–water partition coefficient (Wildman–Crippen LogP) is 1.25. The summed E-state index contributed by atoms with van der Waals surface area (Å²) in [5.41, 5.74) is 4.87. The van der Waals surface area contributed by atoms with Crippen LogP contribution >= 0.6 is 0 Å². The number of carbonyl (C=O) groups is 1. The molecule has 21 heavy (non-hydrogen) atoms. The first-order valence-corrected chi connectivity index (χ1v) is 5.78. The van der Waals surface area contributed by atoms with E-state index < -0.39 is 15.8 Å². The monoisotopic (exact) mass is 290 g/mol. The lowest BCUT2D eigenvalue weighted by Gasteiger charge is -2.21. The van der Waals surface area contributed by atoms with Crippen LogP contribution in [0.25, 0.3) is 0 Å².